The number of carbonyl (C=O) groups is 1. The SMILES string of the molecule is Cc1cc(Nc2ccnc3[nH]c(=O)c4ccccc4c23)ccc1NC(=O)c1ccccc1. The second-order valence-electron chi connectivity index (χ2n) is 7.56. The molecule has 6 heteroatoms. The number of anilines is 3. The van der Waals surface area contributed by atoms with Gasteiger partial charge in [0.1, 0.15) is 5.65 Å². The third kappa shape index (κ3) is 3.58. The molecule has 0 atom stereocenters. The first-order valence-electron chi connectivity index (χ1n) is 10.2. The molecule has 0 saturated carbocycles. The van der Waals surface area contributed by atoms with Gasteiger partial charge in [-0.3, -0.25) is 9.59 Å². The maximum Gasteiger partial charge on any atom is 0.257 e. The standard InChI is InChI=1S/C26H20N4O2/c1-16-15-18(11-12-21(16)29-25(31)17-7-3-2-4-8-17)28-22-13-14-27-24-23(22)19-9-5-6-10-20(19)26(32)30-24/h2-15H,1H3,(H,29,31)(H2,27,28,30,32). The molecule has 0 unspecified atom stereocenters. The van der Waals surface area contributed by atoms with Gasteiger partial charge in [-0.2, -0.15) is 0 Å². The summed E-state index contributed by atoms with van der Waals surface area (Å²) >= 11 is 0. The van der Waals surface area contributed by atoms with Crippen molar-refractivity contribution in [2.24, 2.45) is 0 Å². The molecule has 0 aliphatic carbocycles. The van der Waals surface area contributed by atoms with Gasteiger partial charge in [-0.1, -0.05) is 36.4 Å². The van der Waals surface area contributed by atoms with E-state index in [-0.39, 0.29) is 11.5 Å². The van der Waals surface area contributed by atoms with Gasteiger partial charge >= 0.3 is 0 Å². The van der Waals surface area contributed by atoms with Crippen molar-refractivity contribution < 1.29 is 4.79 Å². The molecule has 5 aromatic rings. The lowest BCUT2D eigenvalue weighted by atomic mass is 10.1. The maximum atomic E-state index is 12.5. The summed E-state index contributed by atoms with van der Waals surface area (Å²) in [5.41, 5.74) is 4.35. The Labute approximate surface area is 184 Å². The van der Waals surface area contributed by atoms with Crippen LogP contribution in [0.25, 0.3) is 21.8 Å². The van der Waals surface area contributed by atoms with Crippen molar-refractivity contribution in [3.8, 4) is 0 Å². The molecule has 1 amide bonds. The molecule has 32 heavy (non-hydrogen) atoms. The van der Waals surface area contributed by atoms with Gasteiger partial charge in [0.25, 0.3) is 11.5 Å². The Morgan fingerprint density at radius 2 is 1.62 bits per heavy atom. The molecular weight excluding hydrogens is 400 g/mol. The molecular formula is C26H20N4O2. The molecule has 3 N–H and O–H groups in total. The van der Waals surface area contributed by atoms with Crippen LogP contribution in [0.15, 0.2) is 89.9 Å². The van der Waals surface area contributed by atoms with Gasteiger partial charge in [0.2, 0.25) is 0 Å². The fraction of sp³-hybridized carbons (Fsp3) is 0.0385. The number of aromatic nitrogens is 2. The zero-order valence-electron chi connectivity index (χ0n) is 17.3. The van der Waals surface area contributed by atoms with E-state index in [9.17, 15) is 9.59 Å². The van der Waals surface area contributed by atoms with Crippen molar-refractivity contribution in [2.45, 2.75) is 6.92 Å². The number of benzene rings is 3. The predicted octanol–water partition coefficient (Wildman–Crippen LogP) is 5.38. The van der Waals surface area contributed by atoms with E-state index < -0.39 is 0 Å². The van der Waals surface area contributed by atoms with Crippen molar-refractivity contribution in [3.05, 3.63) is 107 Å². The summed E-state index contributed by atoms with van der Waals surface area (Å²) in [6, 6.07) is 24.2. The summed E-state index contributed by atoms with van der Waals surface area (Å²) in [5, 5.41) is 8.70. The van der Waals surface area contributed by atoms with Crippen LogP contribution in [-0.4, -0.2) is 15.9 Å². The van der Waals surface area contributed by atoms with E-state index in [1.54, 1.807) is 24.4 Å². The third-order valence-electron chi connectivity index (χ3n) is 5.41. The van der Waals surface area contributed by atoms with Crippen LogP contribution < -0.4 is 16.2 Å². The fourth-order valence-electron chi connectivity index (χ4n) is 3.83. The number of fused-ring (bicyclic) bond motifs is 3. The summed E-state index contributed by atoms with van der Waals surface area (Å²) in [4.78, 5) is 32.1. The molecule has 0 aliphatic rings. The Morgan fingerprint density at radius 1 is 0.875 bits per heavy atom. The second-order valence-corrected chi connectivity index (χ2v) is 7.56. The number of hydrogen-bond acceptors (Lipinski definition) is 4. The molecule has 0 saturated heterocycles. The normalized spacial score (nSPS) is 10.9. The van der Waals surface area contributed by atoms with Crippen LogP contribution in [0.4, 0.5) is 17.1 Å². The summed E-state index contributed by atoms with van der Waals surface area (Å²) < 4.78 is 0. The van der Waals surface area contributed by atoms with Crippen LogP contribution in [-0.2, 0) is 0 Å². The molecule has 5 rings (SSSR count). The van der Waals surface area contributed by atoms with E-state index >= 15 is 0 Å². The molecule has 3 aromatic carbocycles. The van der Waals surface area contributed by atoms with E-state index in [0.717, 1.165) is 33.4 Å². The van der Waals surface area contributed by atoms with E-state index in [2.05, 4.69) is 20.6 Å². The Hall–Kier alpha value is -4.45. The highest BCUT2D eigenvalue weighted by molar-refractivity contribution is 6.11. The van der Waals surface area contributed by atoms with Crippen LogP contribution in [0.1, 0.15) is 15.9 Å². The summed E-state index contributed by atoms with van der Waals surface area (Å²) in [6.45, 7) is 1.95. The number of amides is 1. The number of H-pyrrole nitrogens is 1. The predicted molar refractivity (Wildman–Crippen MR) is 129 cm³/mol. The van der Waals surface area contributed by atoms with Gasteiger partial charge in [0.15, 0.2) is 0 Å². The lowest BCUT2D eigenvalue weighted by molar-refractivity contribution is 0.102. The topological polar surface area (TPSA) is 86.9 Å². The average molecular weight is 420 g/mol. The number of aryl methyl sites for hydroxylation is 1. The number of hydrogen-bond donors (Lipinski definition) is 3. The second kappa shape index (κ2) is 8.00. The van der Waals surface area contributed by atoms with Crippen LogP contribution in [0.5, 0.6) is 0 Å². The van der Waals surface area contributed by atoms with E-state index in [4.69, 9.17) is 0 Å². The van der Waals surface area contributed by atoms with Crippen LogP contribution in [0, 0.1) is 6.92 Å². The number of nitrogens with zero attached hydrogens (tertiary/aromatic N) is 1. The molecule has 0 spiro atoms. The molecule has 6 nitrogen and oxygen atoms in total. The maximum absolute atomic E-state index is 12.5. The van der Waals surface area contributed by atoms with E-state index in [0.29, 0.717) is 16.6 Å². The van der Waals surface area contributed by atoms with Crippen LogP contribution >= 0.6 is 0 Å². The van der Waals surface area contributed by atoms with Gasteiger partial charge in [0.05, 0.1) is 5.69 Å². The largest absolute Gasteiger partial charge is 0.355 e. The summed E-state index contributed by atoms with van der Waals surface area (Å²) in [6.07, 6.45) is 1.66. The first-order chi connectivity index (χ1) is 15.6. The van der Waals surface area contributed by atoms with Crippen molar-refractivity contribution in [1.29, 1.82) is 0 Å². The lowest BCUT2D eigenvalue weighted by Crippen LogP contribution is -2.12. The molecule has 156 valence electrons. The molecule has 2 aromatic heterocycles. The fourth-order valence-corrected chi connectivity index (χ4v) is 3.83. The molecule has 0 fully saturated rings. The van der Waals surface area contributed by atoms with Crippen molar-refractivity contribution >= 4 is 44.8 Å². The first kappa shape index (κ1) is 19.5. The van der Waals surface area contributed by atoms with Crippen LogP contribution in [0.2, 0.25) is 0 Å². The van der Waals surface area contributed by atoms with E-state index in [1.165, 1.54) is 0 Å². The number of pyridine rings is 2. The minimum Gasteiger partial charge on any atom is -0.355 e. The number of rotatable bonds is 4. The third-order valence-corrected chi connectivity index (χ3v) is 5.41. The first-order valence-corrected chi connectivity index (χ1v) is 10.2. The van der Waals surface area contributed by atoms with Gasteiger partial charge in [-0.25, -0.2) is 4.98 Å². The average Bonchev–Trinajstić information content (AvgIpc) is 2.81. The molecule has 0 radical (unpaired) electrons. The highest BCUT2D eigenvalue weighted by Crippen LogP contribution is 2.30. The number of nitrogens with one attached hydrogen (secondary N) is 3. The Bertz CT molecular complexity index is 1520. The Balaban J connectivity index is 1.48. The van der Waals surface area contributed by atoms with Gasteiger partial charge < -0.3 is 15.6 Å². The van der Waals surface area contributed by atoms with Crippen molar-refractivity contribution in [3.63, 3.8) is 0 Å². The number of aromatic amines is 1. The van der Waals surface area contributed by atoms with Crippen LogP contribution in [0.3, 0.4) is 0 Å². The lowest BCUT2D eigenvalue weighted by Gasteiger charge is -2.14. The molecule has 2 heterocycles. The highest BCUT2D eigenvalue weighted by atomic mass is 16.1. The quantitative estimate of drug-likeness (QED) is 0.341. The summed E-state index contributed by atoms with van der Waals surface area (Å²) in [5.74, 6) is -0.148. The zero-order chi connectivity index (χ0) is 22.1. The van der Waals surface area contributed by atoms with Gasteiger partial charge in [-0.15, -0.1) is 0 Å². The highest BCUT2D eigenvalue weighted by Gasteiger charge is 2.11. The van der Waals surface area contributed by atoms with Crippen molar-refractivity contribution in [2.75, 3.05) is 10.6 Å². The minimum absolute atomic E-state index is 0.148. The smallest absolute Gasteiger partial charge is 0.257 e. The monoisotopic (exact) mass is 420 g/mol. The summed E-state index contributed by atoms with van der Waals surface area (Å²) in [7, 11) is 0. The molecule has 0 bridgehead atoms. The number of carbonyl (C=O) groups excluding carboxylic acids is 1. The van der Waals surface area contributed by atoms with E-state index in [1.807, 2.05) is 67.6 Å². The van der Waals surface area contributed by atoms with Gasteiger partial charge in [0, 0.05) is 39.3 Å². The van der Waals surface area contributed by atoms with Gasteiger partial charge in [-0.05, 0) is 55.0 Å². The zero-order valence-corrected chi connectivity index (χ0v) is 17.3. The Morgan fingerprint density at radius 3 is 2.41 bits per heavy atom. The minimum atomic E-state index is -0.160. The van der Waals surface area contributed by atoms with Crippen molar-refractivity contribution in [1.82, 2.24) is 9.97 Å². The Kier molecular flexibility index (Phi) is 4.88. The molecule has 0 aliphatic heterocycles.